The Bertz CT molecular complexity index is 461. The highest BCUT2D eigenvalue weighted by Crippen LogP contribution is 2.34. The molecule has 0 spiro atoms. The lowest BCUT2D eigenvalue weighted by molar-refractivity contribution is 0.193. The molecule has 0 bridgehead atoms. The van der Waals surface area contributed by atoms with Crippen LogP contribution in [0.1, 0.15) is 46.4 Å². The number of rotatable bonds is 2. The number of furan rings is 1. The summed E-state index contributed by atoms with van der Waals surface area (Å²) in [5.74, 6) is 0.640. The Morgan fingerprint density at radius 1 is 1.24 bits per heavy atom. The zero-order valence-corrected chi connectivity index (χ0v) is 10.5. The maximum Gasteiger partial charge on any atom is 0.146 e. The quantitative estimate of drug-likeness (QED) is 0.822. The normalized spacial score (nSPS) is 17.5. The zero-order chi connectivity index (χ0) is 11.7. The van der Waals surface area contributed by atoms with Gasteiger partial charge in [-0.1, -0.05) is 6.42 Å². The van der Waals surface area contributed by atoms with E-state index < -0.39 is 6.10 Å². The van der Waals surface area contributed by atoms with Crippen LogP contribution in [0.3, 0.4) is 0 Å². The molecule has 17 heavy (non-hydrogen) atoms. The van der Waals surface area contributed by atoms with Crippen LogP contribution in [0.2, 0.25) is 0 Å². The molecule has 0 radical (unpaired) electrons. The second kappa shape index (κ2) is 4.67. The van der Waals surface area contributed by atoms with E-state index in [0.717, 1.165) is 11.3 Å². The maximum atomic E-state index is 10.2. The van der Waals surface area contributed by atoms with Crippen LogP contribution < -0.4 is 0 Å². The van der Waals surface area contributed by atoms with Crippen molar-refractivity contribution in [3.8, 4) is 0 Å². The molecule has 0 saturated carbocycles. The minimum absolute atomic E-state index is 0.595. The molecule has 0 fully saturated rings. The second-order valence-corrected chi connectivity index (χ2v) is 5.74. The SMILES string of the molecule is OC(c1ccco1)c1cc2c(s1)CCCCC2. The largest absolute Gasteiger partial charge is 0.466 e. The molecule has 0 aliphatic heterocycles. The van der Waals surface area contributed by atoms with Gasteiger partial charge in [0.2, 0.25) is 0 Å². The molecule has 1 aliphatic carbocycles. The molecule has 2 heterocycles. The third-order valence-corrected chi connectivity index (χ3v) is 4.64. The first-order chi connectivity index (χ1) is 8.34. The van der Waals surface area contributed by atoms with Crippen LogP contribution in [-0.2, 0) is 12.8 Å². The predicted molar refractivity (Wildman–Crippen MR) is 68.3 cm³/mol. The van der Waals surface area contributed by atoms with Gasteiger partial charge in [0.15, 0.2) is 0 Å². The van der Waals surface area contributed by atoms with E-state index in [1.165, 1.54) is 36.1 Å². The minimum atomic E-state index is -0.595. The van der Waals surface area contributed by atoms with E-state index in [9.17, 15) is 5.11 Å². The number of aliphatic hydroxyl groups is 1. The fraction of sp³-hybridized carbons (Fsp3) is 0.429. The average Bonchev–Trinajstić information content (AvgIpc) is 2.95. The van der Waals surface area contributed by atoms with Crippen molar-refractivity contribution in [1.29, 1.82) is 0 Å². The molecule has 1 N–H and O–H groups in total. The fourth-order valence-electron chi connectivity index (χ4n) is 2.41. The van der Waals surface area contributed by atoms with Gasteiger partial charge in [-0.15, -0.1) is 11.3 Å². The monoisotopic (exact) mass is 248 g/mol. The summed E-state index contributed by atoms with van der Waals surface area (Å²) >= 11 is 1.74. The highest BCUT2D eigenvalue weighted by molar-refractivity contribution is 7.12. The summed E-state index contributed by atoms with van der Waals surface area (Å²) < 4.78 is 5.26. The number of hydrogen-bond acceptors (Lipinski definition) is 3. The number of aliphatic hydroxyl groups excluding tert-OH is 1. The summed E-state index contributed by atoms with van der Waals surface area (Å²) in [6, 6.07) is 5.81. The molecule has 2 aromatic heterocycles. The van der Waals surface area contributed by atoms with Crippen LogP contribution >= 0.6 is 11.3 Å². The average molecular weight is 248 g/mol. The predicted octanol–water partition coefficient (Wildman–Crippen LogP) is 3.69. The number of hydrogen-bond donors (Lipinski definition) is 1. The number of aryl methyl sites for hydroxylation is 2. The van der Waals surface area contributed by atoms with Gasteiger partial charge in [0.25, 0.3) is 0 Å². The molecule has 0 amide bonds. The summed E-state index contributed by atoms with van der Waals surface area (Å²) in [7, 11) is 0. The first kappa shape index (κ1) is 11.1. The molecule has 0 aromatic carbocycles. The molecule has 1 aliphatic rings. The third kappa shape index (κ3) is 2.17. The van der Waals surface area contributed by atoms with Gasteiger partial charge in [-0.05, 0) is 49.4 Å². The maximum absolute atomic E-state index is 10.2. The van der Waals surface area contributed by atoms with Crippen molar-refractivity contribution in [3.05, 3.63) is 45.5 Å². The van der Waals surface area contributed by atoms with Crippen LogP contribution in [0.4, 0.5) is 0 Å². The highest BCUT2D eigenvalue weighted by Gasteiger charge is 2.19. The van der Waals surface area contributed by atoms with E-state index in [1.807, 2.05) is 12.1 Å². The van der Waals surface area contributed by atoms with E-state index >= 15 is 0 Å². The number of fused-ring (bicyclic) bond motifs is 1. The first-order valence-electron chi connectivity index (χ1n) is 6.17. The molecule has 90 valence electrons. The lowest BCUT2D eigenvalue weighted by Gasteiger charge is -2.04. The molecule has 3 rings (SSSR count). The third-order valence-electron chi connectivity index (χ3n) is 3.35. The van der Waals surface area contributed by atoms with Crippen molar-refractivity contribution >= 4 is 11.3 Å². The fourth-order valence-corrected chi connectivity index (χ4v) is 3.66. The molecule has 2 aromatic rings. The van der Waals surface area contributed by atoms with E-state index in [2.05, 4.69) is 6.07 Å². The van der Waals surface area contributed by atoms with E-state index in [-0.39, 0.29) is 0 Å². The minimum Gasteiger partial charge on any atom is -0.466 e. The standard InChI is InChI=1S/C14H16O2S/c15-14(11-6-4-8-16-11)13-9-10-5-2-1-3-7-12(10)17-13/h4,6,8-9,14-15H,1-3,5,7H2. The summed E-state index contributed by atoms with van der Waals surface area (Å²) in [6.45, 7) is 0. The van der Waals surface area contributed by atoms with Crippen molar-refractivity contribution in [2.24, 2.45) is 0 Å². The van der Waals surface area contributed by atoms with Crippen LogP contribution in [0.15, 0.2) is 28.9 Å². The van der Waals surface area contributed by atoms with Gasteiger partial charge in [0.05, 0.1) is 6.26 Å². The van der Waals surface area contributed by atoms with E-state index in [1.54, 1.807) is 17.6 Å². The number of thiophene rings is 1. The Kier molecular flexibility index (Phi) is 3.04. The Balaban J connectivity index is 1.89. The summed E-state index contributed by atoms with van der Waals surface area (Å²) in [4.78, 5) is 2.48. The van der Waals surface area contributed by atoms with Crippen LogP contribution in [-0.4, -0.2) is 5.11 Å². The first-order valence-corrected chi connectivity index (χ1v) is 6.99. The van der Waals surface area contributed by atoms with Gasteiger partial charge >= 0.3 is 0 Å². The van der Waals surface area contributed by atoms with E-state index in [4.69, 9.17) is 4.42 Å². The molecule has 1 atom stereocenters. The Hall–Kier alpha value is -1.06. The van der Waals surface area contributed by atoms with Crippen molar-refractivity contribution in [1.82, 2.24) is 0 Å². The Morgan fingerprint density at radius 3 is 2.94 bits per heavy atom. The van der Waals surface area contributed by atoms with Crippen molar-refractivity contribution in [3.63, 3.8) is 0 Å². The molecular weight excluding hydrogens is 232 g/mol. The second-order valence-electron chi connectivity index (χ2n) is 4.58. The van der Waals surface area contributed by atoms with Crippen molar-refractivity contribution in [2.45, 2.75) is 38.2 Å². The highest BCUT2D eigenvalue weighted by atomic mass is 32.1. The van der Waals surface area contributed by atoms with Gasteiger partial charge in [0.1, 0.15) is 11.9 Å². The summed E-state index contributed by atoms with van der Waals surface area (Å²) in [6.07, 6.45) is 7.24. The molecule has 1 unspecified atom stereocenters. The summed E-state index contributed by atoms with van der Waals surface area (Å²) in [5, 5.41) is 10.2. The lowest BCUT2D eigenvalue weighted by atomic mass is 10.1. The van der Waals surface area contributed by atoms with Crippen LogP contribution in [0.25, 0.3) is 0 Å². The van der Waals surface area contributed by atoms with Crippen LogP contribution in [0.5, 0.6) is 0 Å². The Morgan fingerprint density at radius 2 is 2.12 bits per heavy atom. The van der Waals surface area contributed by atoms with Crippen LogP contribution in [0, 0.1) is 0 Å². The zero-order valence-electron chi connectivity index (χ0n) is 9.69. The molecular formula is C14H16O2S. The topological polar surface area (TPSA) is 33.4 Å². The van der Waals surface area contributed by atoms with Gasteiger partial charge in [-0.25, -0.2) is 0 Å². The van der Waals surface area contributed by atoms with Crippen molar-refractivity contribution < 1.29 is 9.52 Å². The van der Waals surface area contributed by atoms with Gasteiger partial charge < -0.3 is 9.52 Å². The lowest BCUT2D eigenvalue weighted by Crippen LogP contribution is -1.94. The van der Waals surface area contributed by atoms with Gasteiger partial charge in [0, 0.05) is 9.75 Å². The Labute approximate surface area is 105 Å². The smallest absolute Gasteiger partial charge is 0.146 e. The molecule has 0 saturated heterocycles. The van der Waals surface area contributed by atoms with Crippen molar-refractivity contribution in [2.75, 3.05) is 0 Å². The molecule has 2 nitrogen and oxygen atoms in total. The van der Waals surface area contributed by atoms with Gasteiger partial charge in [-0.2, -0.15) is 0 Å². The van der Waals surface area contributed by atoms with Gasteiger partial charge in [-0.3, -0.25) is 0 Å². The summed E-state index contributed by atoms with van der Waals surface area (Å²) in [5.41, 5.74) is 1.44. The molecule has 3 heteroatoms. The van der Waals surface area contributed by atoms with E-state index in [0.29, 0.717) is 5.76 Å².